The Bertz CT molecular complexity index is 281. The fraction of sp³-hybridized carbons (Fsp3) is 0.933. The number of hydrogen-bond donors (Lipinski definition) is 2. The van der Waals surface area contributed by atoms with Crippen molar-refractivity contribution in [2.45, 2.75) is 58.5 Å². The first kappa shape index (κ1) is 16.4. The van der Waals surface area contributed by atoms with Crippen molar-refractivity contribution in [1.29, 1.82) is 0 Å². The van der Waals surface area contributed by atoms with E-state index in [-0.39, 0.29) is 11.8 Å². The summed E-state index contributed by atoms with van der Waals surface area (Å²) in [7, 11) is 2.08. The topological polar surface area (TPSA) is 58.4 Å². The summed E-state index contributed by atoms with van der Waals surface area (Å²) in [4.78, 5) is 14.4. The molecule has 0 aromatic carbocycles. The van der Waals surface area contributed by atoms with Crippen LogP contribution in [0.15, 0.2) is 0 Å². The lowest BCUT2D eigenvalue weighted by atomic mass is 9.78. The Kier molecular flexibility index (Phi) is 6.80. The molecule has 112 valence electrons. The molecule has 1 aliphatic rings. The summed E-state index contributed by atoms with van der Waals surface area (Å²) < 4.78 is 0. The Labute approximate surface area is 118 Å². The van der Waals surface area contributed by atoms with Crippen molar-refractivity contribution < 1.29 is 4.79 Å². The molecule has 0 aliphatic heterocycles. The molecule has 19 heavy (non-hydrogen) atoms. The highest BCUT2D eigenvalue weighted by Crippen LogP contribution is 2.29. The number of carbonyl (C=O) groups is 1. The van der Waals surface area contributed by atoms with E-state index in [0.717, 1.165) is 32.4 Å². The summed E-state index contributed by atoms with van der Waals surface area (Å²) in [6, 6.07) is 0.812. The van der Waals surface area contributed by atoms with Gasteiger partial charge in [-0.05, 0) is 46.1 Å². The highest BCUT2D eigenvalue weighted by molar-refractivity contribution is 5.78. The number of nitrogens with two attached hydrogens (primary N) is 1. The smallest absolute Gasteiger partial charge is 0.223 e. The average molecular weight is 269 g/mol. The van der Waals surface area contributed by atoms with E-state index < -0.39 is 0 Å². The predicted octanol–water partition coefficient (Wildman–Crippen LogP) is 1.60. The number of rotatable bonds is 6. The van der Waals surface area contributed by atoms with Crippen LogP contribution in [0.3, 0.4) is 0 Å². The van der Waals surface area contributed by atoms with Gasteiger partial charge < -0.3 is 16.0 Å². The molecule has 0 radical (unpaired) electrons. The zero-order chi connectivity index (χ0) is 14.4. The maximum absolute atomic E-state index is 12.1. The van der Waals surface area contributed by atoms with E-state index in [9.17, 15) is 4.79 Å². The molecule has 1 saturated carbocycles. The molecule has 4 heteroatoms. The molecule has 3 atom stereocenters. The Hall–Kier alpha value is -0.610. The number of amides is 1. The maximum atomic E-state index is 12.1. The van der Waals surface area contributed by atoms with Crippen LogP contribution in [-0.2, 0) is 4.79 Å². The lowest BCUT2D eigenvalue weighted by molar-refractivity contribution is -0.126. The van der Waals surface area contributed by atoms with Crippen molar-refractivity contribution in [3.8, 4) is 0 Å². The SMILES string of the molecule is CC(C(=O)NCCN(C)C(C)C)C1CCCC(N)C1. The number of hydrogen-bond acceptors (Lipinski definition) is 3. The quantitative estimate of drug-likeness (QED) is 0.770. The Balaban J connectivity index is 2.28. The largest absolute Gasteiger partial charge is 0.355 e. The van der Waals surface area contributed by atoms with Crippen molar-refractivity contribution in [2.24, 2.45) is 17.6 Å². The summed E-state index contributed by atoms with van der Waals surface area (Å²) >= 11 is 0. The summed E-state index contributed by atoms with van der Waals surface area (Å²) in [5, 5.41) is 3.06. The molecule has 0 heterocycles. The molecule has 0 saturated heterocycles. The van der Waals surface area contributed by atoms with Gasteiger partial charge in [-0.3, -0.25) is 4.79 Å². The normalized spacial score (nSPS) is 25.6. The van der Waals surface area contributed by atoms with Crippen LogP contribution < -0.4 is 11.1 Å². The molecule has 3 unspecified atom stereocenters. The van der Waals surface area contributed by atoms with Crippen molar-refractivity contribution in [1.82, 2.24) is 10.2 Å². The highest BCUT2D eigenvalue weighted by atomic mass is 16.1. The third-order valence-corrected chi connectivity index (χ3v) is 4.52. The molecular weight excluding hydrogens is 238 g/mol. The van der Waals surface area contributed by atoms with Crippen molar-refractivity contribution in [3.05, 3.63) is 0 Å². The van der Waals surface area contributed by atoms with Crippen LogP contribution in [0.1, 0.15) is 46.5 Å². The minimum absolute atomic E-state index is 0.0932. The Morgan fingerprint density at radius 2 is 2.05 bits per heavy atom. The minimum atomic E-state index is 0.0932. The third-order valence-electron chi connectivity index (χ3n) is 4.52. The second kappa shape index (κ2) is 7.85. The van der Waals surface area contributed by atoms with Gasteiger partial charge in [-0.2, -0.15) is 0 Å². The van der Waals surface area contributed by atoms with Crippen LogP contribution in [0.5, 0.6) is 0 Å². The van der Waals surface area contributed by atoms with Crippen molar-refractivity contribution in [2.75, 3.05) is 20.1 Å². The van der Waals surface area contributed by atoms with Gasteiger partial charge in [-0.15, -0.1) is 0 Å². The maximum Gasteiger partial charge on any atom is 0.223 e. The average Bonchev–Trinajstić information content (AvgIpc) is 2.37. The van der Waals surface area contributed by atoms with Crippen molar-refractivity contribution >= 4 is 5.91 Å². The predicted molar refractivity (Wildman–Crippen MR) is 79.9 cm³/mol. The molecule has 0 aromatic heterocycles. The van der Waals surface area contributed by atoms with E-state index in [2.05, 4.69) is 31.1 Å². The molecule has 1 rings (SSSR count). The van der Waals surface area contributed by atoms with Gasteiger partial charge in [-0.1, -0.05) is 13.3 Å². The van der Waals surface area contributed by atoms with E-state index >= 15 is 0 Å². The highest BCUT2D eigenvalue weighted by Gasteiger charge is 2.28. The van der Waals surface area contributed by atoms with Crippen molar-refractivity contribution in [3.63, 3.8) is 0 Å². The molecule has 3 N–H and O–H groups in total. The Morgan fingerprint density at radius 3 is 2.63 bits per heavy atom. The molecule has 0 bridgehead atoms. The number of nitrogens with zero attached hydrogens (tertiary/aromatic N) is 1. The van der Waals surface area contributed by atoms with Gasteiger partial charge in [0.25, 0.3) is 0 Å². The van der Waals surface area contributed by atoms with Gasteiger partial charge in [0.1, 0.15) is 0 Å². The van der Waals surface area contributed by atoms with E-state index in [4.69, 9.17) is 5.73 Å². The fourth-order valence-corrected chi connectivity index (χ4v) is 2.71. The number of carbonyl (C=O) groups excluding carboxylic acids is 1. The lowest BCUT2D eigenvalue weighted by Gasteiger charge is -2.30. The lowest BCUT2D eigenvalue weighted by Crippen LogP contribution is -2.41. The van der Waals surface area contributed by atoms with E-state index in [1.807, 2.05) is 6.92 Å². The van der Waals surface area contributed by atoms with Crippen LogP contribution in [0.2, 0.25) is 0 Å². The monoisotopic (exact) mass is 269 g/mol. The van der Waals surface area contributed by atoms with E-state index in [1.165, 1.54) is 6.42 Å². The molecule has 1 fully saturated rings. The van der Waals surface area contributed by atoms with Crippen LogP contribution in [0.4, 0.5) is 0 Å². The van der Waals surface area contributed by atoms with Gasteiger partial charge in [0, 0.05) is 31.1 Å². The summed E-state index contributed by atoms with van der Waals surface area (Å²) in [5.74, 6) is 0.749. The zero-order valence-electron chi connectivity index (χ0n) is 13.0. The minimum Gasteiger partial charge on any atom is -0.355 e. The number of nitrogens with one attached hydrogen (secondary N) is 1. The molecule has 1 amide bonds. The zero-order valence-corrected chi connectivity index (χ0v) is 13.0. The standard InChI is InChI=1S/C15H31N3O/c1-11(2)18(4)9-8-17-15(19)12(3)13-6-5-7-14(16)10-13/h11-14H,5-10,16H2,1-4H3,(H,17,19). The van der Waals surface area contributed by atoms with Crippen LogP contribution in [0, 0.1) is 11.8 Å². The van der Waals surface area contributed by atoms with Gasteiger partial charge >= 0.3 is 0 Å². The first-order valence-electron chi connectivity index (χ1n) is 7.65. The summed E-state index contributed by atoms with van der Waals surface area (Å²) in [5.41, 5.74) is 6.00. The molecule has 1 aliphatic carbocycles. The van der Waals surface area contributed by atoms with Crippen LogP contribution >= 0.6 is 0 Å². The molecular formula is C15H31N3O. The second-order valence-corrected chi connectivity index (χ2v) is 6.34. The van der Waals surface area contributed by atoms with Gasteiger partial charge in [0.2, 0.25) is 5.91 Å². The van der Waals surface area contributed by atoms with E-state index in [1.54, 1.807) is 0 Å². The van der Waals surface area contributed by atoms with Gasteiger partial charge in [0.05, 0.1) is 0 Å². The first-order chi connectivity index (χ1) is 8.91. The fourth-order valence-electron chi connectivity index (χ4n) is 2.71. The molecule has 0 spiro atoms. The van der Waals surface area contributed by atoms with Gasteiger partial charge in [0.15, 0.2) is 0 Å². The first-order valence-corrected chi connectivity index (χ1v) is 7.65. The van der Waals surface area contributed by atoms with Gasteiger partial charge in [-0.25, -0.2) is 0 Å². The molecule has 0 aromatic rings. The second-order valence-electron chi connectivity index (χ2n) is 6.34. The van der Waals surface area contributed by atoms with Crippen LogP contribution in [-0.4, -0.2) is 43.0 Å². The Morgan fingerprint density at radius 1 is 1.37 bits per heavy atom. The van der Waals surface area contributed by atoms with Crippen LogP contribution in [0.25, 0.3) is 0 Å². The summed E-state index contributed by atoms with van der Waals surface area (Å²) in [6.45, 7) is 8.00. The molecule has 4 nitrogen and oxygen atoms in total. The third kappa shape index (κ3) is 5.49. The van der Waals surface area contributed by atoms with E-state index in [0.29, 0.717) is 18.0 Å². The summed E-state index contributed by atoms with van der Waals surface area (Å²) in [6.07, 6.45) is 4.43. The number of likely N-dealkylation sites (N-methyl/N-ethyl adjacent to an activating group) is 1.